The van der Waals surface area contributed by atoms with Crippen molar-refractivity contribution in [2.75, 3.05) is 12.8 Å². The van der Waals surface area contributed by atoms with E-state index in [1.165, 1.54) is 0 Å². The monoisotopic (exact) mass is 175 g/mol. The van der Waals surface area contributed by atoms with Gasteiger partial charge in [0.2, 0.25) is 0 Å². The van der Waals surface area contributed by atoms with Gasteiger partial charge in [0.25, 0.3) is 0 Å². The summed E-state index contributed by atoms with van der Waals surface area (Å²) in [6, 6.07) is 0. The van der Waals surface area contributed by atoms with E-state index in [0.29, 0.717) is 6.54 Å². The Hall–Kier alpha value is 0.270. The highest BCUT2D eigenvalue weighted by molar-refractivity contribution is 8.00. The van der Waals surface area contributed by atoms with Crippen LogP contribution in [0, 0.1) is 5.92 Å². The van der Waals surface area contributed by atoms with Gasteiger partial charge in [0.15, 0.2) is 0 Å². The highest BCUT2D eigenvalue weighted by Gasteiger charge is 2.49. The molecule has 2 atom stereocenters. The predicted molar refractivity (Wildman–Crippen MR) is 49.7 cm³/mol. The number of hydrogen-bond donors (Lipinski definition) is 2. The molecule has 0 bridgehead atoms. The summed E-state index contributed by atoms with van der Waals surface area (Å²) in [6.07, 6.45) is 4.17. The molecule has 0 radical (unpaired) electrons. The lowest BCUT2D eigenvalue weighted by atomic mass is 10.0. The summed E-state index contributed by atoms with van der Waals surface area (Å²) in [7, 11) is 0. The number of rotatable bonds is 4. The van der Waals surface area contributed by atoms with Gasteiger partial charge in [0.05, 0.1) is 6.10 Å². The van der Waals surface area contributed by atoms with E-state index in [2.05, 4.69) is 6.26 Å². The van der Waals surface area contributed by atoms with Gasteiger partial charge in [-0.3, -0.25) is 0 Å². The maximum atomic E-state index is 9.81. The topological polar surface area (TPSA) is 46.2 Å². The van der Waals surface area contributed by atoms with E-state index in [1.54, 1.807) is 11.8 Å². The molecule has 0 amide bonds. The SMILES string of the molecule is CSC1(C(O)C(C)CN)CC1. The summed E-state index contributed by atoms with van der Waals surface area (Å²) in [4.78, 5) is 0. The first-order valence-corrected chi connectivity index (χ1v) is 5.32. The Balaban J connectivity index is 2.46. The van der Waals surface area contributed by atoms with Crippen LogP contribution in [0.1, 0.15) is 19.8 Å². The van der Waals surface area contributed by atoms with Crippen LogP contribution in [-0.2, 0) is 0 Å². The van der Waals surface area contributed by atoms with Gasteiger partial charge in [-0.25, -0.2) is 0 Å². The van der Waals surface area contributed by atoms with Crippen LogP contribution in [0.2, 0.25) is 0 Å². The standard InChI is InChI=1S/C8H17NOS/c1-6(5-9)7(10)8(11-2)3-4-8/h6-7,10H,3-5,9H2,1-2H3. The maximum Gasteiger partial charge on any atom is 0.0724 e. The van der Waals surface area contributed by atoms with Crippen LogP contribution in [0.3, 0.4) is 0 Å². The van der Waals surface area contributed by atoms with Crippen LogP contribution in [0.5, 0.6) is 0 Å². The van der Waals surface area contributed by atoms with Gasteiger partial charge in [0.1, 0.15) is 0 Å². The summed E-state index contributed by atoms with van der Waals surface area (Å²) in [5, 5.41) is 9.81. The van der Waals surface area contributed by atoms with Crippen LogP contribution >= 0.6 is 11.8 Å². The average Bonchev–Trinajstić information content (AvgIpc) is 2.82. The Kier molecular flexibility index (Phi) is 2.84. The molecule has 0 aromatic carbocycles. The molecule has 0 aromatic rings. The Morgan fingerprint density at radius 2 is 2.18 bits per heavy atom. The van der Waals surface area contributed by atoms with Crippen LogP contribution in [0.4, 0.5) is 0 Å². The van der Waals surface area contributed by atoms with Crippen molar-refractivity contribution >= 4 is 11.8 Å². The third-order valence-corrected chi connectivity index (χ3v) is 4.06. The molecular weight excluding hydrogens is 158 g/mol. The summed E-state index contributed by atoms with van der Waals surface area (Å²) in [5.74, 6) is 0.241. The second-order valence-corrected chi connectivity index (χ2v) is 4.65. The van der Waals surface area contributed by atoms with Crippen LogP contribution in [-0.4, -0.2) is 28.8 Å². The Labute approximate surface area is 72.5 Å². The van der Waals surface area contributed by atoms with Crippen LogP contribution in [0.15, 0.2) is 0 Å². The van der Waals surface area contributed by atoms with Crippen molar-refractivity contribution in [3.8, 4) is 0 Å². The molecule has 66 valence electrons. The molecule has 2 unspecified atom stereocenters. The van der Waals surface area contributed by atoms with E-state index in [9.17, 15) is 5.11 Å². The fourth-order valence-corrected chi connectivity index (χ4v) is 2.38. The van der Waals surface area contributed by atoms with E-state index in [-0.39, 0.29) is 16.8 Å². The molecule has 11 heavy (non-hydrogen) atoms. The Bertz CT molecular complexity index is 136. The fourth-order valence-electron chi connectivity index (χ4n) is 1.39. The third kappa shape index (κ3) is 1.71. The average molecular weight is 175 g/mol. The van der Waals surface area contributed by atoms with E-state index in [0.717, 1.165) is 12.8 Å². The molecule has 1 saturated carbocycles. The molecular formula is C8H17NOS. The van der Waals surface area contributed by atoms with Crippen molar-refractivity contribution < 1.29 is 5.11 Å². The number of nitrogens with two attached hydrogens (primary N) is 1. The van der Waals surface area contributed by atoms with E-state index >= 15 is 0 Å². The maximum absolute atomic E-state index is 9.81. The molecule has 3 N–H and O–H groups in total. The minimum Gasteiger partial charge on any atom is -0.391 e. The number of aliphatic hydroxyl groups is 1. The molecule has 0 saturated heterocycles. The number of aliphatic hydroxyl groups excluding tert-OH is 1. The lowest BCUT2D eigenvalue weighted by molar-refractivity contribution is 0.111. The van der Waals surface area contributed by atoms with Gasteiger partial charge in [-0.2, -0.15) is 11.8 Å². The van der Waals surface area contributed by atoms with E-state index in [4.69, 9.17) is 5.73 Å². The normalized spacial score (nSPS) is 26.2. The minimum atomic E-state index is -0.206. The largest absolute Gasteiger partial charge is 0.391 e. The Morgan fingerprint density at radius 1 is 1.64 bits per heavy atom. The van der Waals surface area contributed by atoms with Crippen molar-refractivity contribution in [3.63, 3.8) is 0 Å². The molecule has 1 fully saturated rings. The smallest absolute Gasteiger partial charge is 0.0724 e. The highest BCUT2D eigenvalue weighted by atomic mass is 32.2. The van der Waals surface area contributed by atoms with Gasteiger partial charge in [0, 0.05) is 4.75 Å². The number of thioether (sulfide) groups is 1. The number of hydrogen-bond acceptors (Lipinski definition) is 3. The molecule has 1 aliphatic carbocycles. The van der Waals surface area contributed by atoms with E-state index < -0.39 is 0 Å². The summed E-state index contributed by atoms with van der Waals surface area (Å²) in [5.41, 5.74) is 5.48. The first-order chi connectivity index (χ1) is 5.16. The highest BCUT2D eigenvalue weighted by Crippen LogP contribution is 2.51. The van der Waals surface area contributed by atoms with Crippen LogP contribution in [0.25, 0.3) is 0 Å². The van der Waals surface area contributed by atoms with Gasteiger partial charge >= 0.3 is 0 Å². The molecule has 3 heteroatoms. The molecule has 0 spiro atoms. The first-order valence-electron chi connectivity index (χ1n) is 4.09. The minimum absolute atomic E-state index is 0.165. The van der Waals surface area contributed by atoms with Gasteiger partial charge in [-0.05, 0) is 31.6 Å². The predicted octanol–water partition coefficient (Wildman–Crippen LogP) is 0.838. The lowest BCUT2D eigenvalue weighted by Crippen LogP contribution is -2.35. The molecule has 0 aliphatic heterocycles. The summed E-state index contributed by atoms with van der Waals surface area (Å²) >= 11 is 1.78. The first kappa shape index (κ1) is 9.36. The third-order valence-electron chi connectivity index (χ3n) is 2.60. The van der Waals surface area contributed by atoms with Crippen molar-refractivity contribution in [1.29, 1.82) is 0 Å². The fraction of sp³-hybridized carbons (Fsp3) is 1.00. The van der Waals surface area contributed by atoms with Crippen molar-refractivity contribution in [3.05, 3.63) is 0 Å². The van der Waals surface area contributed by atoms with Gasteiger partial charge in [-0.15, -0.1) is 0 Å². The summed E-state index contributed by atoms with van der Waals surface area (Å²) in [6.45, 7) is 2.60. The van der Waals surface area contributed by atoms with Crippen molar-refractivity contribution in [1.82, 2.24) is 0 Å². The molecule has 0 heterocycles. The van der Waals surface area contributed by atoms with Gasteiger partial charge < -0.3 is 10.8 Å². The summed E-state index contributed by atoms with van der Waals surface area (Å²) < 4.78 is 0.165. The lowest BCUT2D eigenvalue weighted by Gasteiger charge is -2.24. The molecule has 0 aromatic heterocycles. The Morgan fingerprint density at radius 3 is 2.45 bits per heavy atom. The second-order valence-electron chi connectivity index (χ2n) is 3.43. The zero-order valence-electron chi connectivity index (χ0n) is 7.21. The molecule has 1 aliphatic rings. The molecule has 2 nitrogen and oxygen atoms in total. The second kappa shape index (κ2) is 3.33. The van der Waals surface area contributed by atoms with Crippen LogP contribution < -0.4 is 5.73 Å². The van der Waals surface area contributed by atoms with E-state index in [1.807, 2.05) is 6.92 Å². The van der Waals surface area contributed by atoms with Crippen molar-refractivity contribution in [2.45, 2.75) is 30.6 Å². The quantitative estimate of drug-likeness (QED) is 0.665. The van der Waals surface area contributed by atoms with Crippen molar-refractivity contribution in [2.24, 2.45) is 11.7 Å². The molecule has 1 rings (SSSR count). The van der Waals surface area contributed by atoms with Gasteiger partial charge in [-0.1, -0.05) is 6.92 Å². The zero-order valence-corrected chi connectivity index (χ0v) is 8.03. The zero-order chi connectivity index (χ0) is 8.48.